The third-order valence-corrected chi connectivity index (χ3v) is 3.65. The highest BCUT2D eigenvalue weighted by Gasteiger charge is 2.05. The minimum Gasteiger partial charge on any atom is -0.385 e. The van der Waals surface area contributed by atoms with Crippen LogP contribution in [0.3, 0.4) is 0 Å². The fraction of sp³-hybridized carbons (Fsp3) is 0.333. The summed E-state index contributed by atoms with van der Waals surface area (Å²) < 4.78 is 0. The van der Waals surface area contributed by atoms with Crippen LogP contribution in [0.2, 0.25) is 0 Å². The Morgan fingerprint density at radius 2 is 1.74 bits per heavy atom. The summed E-state index contributed by atoms with van der Waals surface area (Å²) in [6.07, 6.45) is 1.15. The molecule has 1 nitrogen and oxygen atoms in total. The molecular formula is C18H23N. The first kappa shape index (κ1) is 13.7. The van der Waals surface area contributed by atoms with E-state index < -0.39 is 0 Å². The zero-order chi connectivity index (χ0) is 13.7. The second-order valence-electron chi connectivity index (χ2n) is 5.35. The van der Waals surface area contributed by atoms with E-state index in [1.165, 1.54) is 22.4 Å². The van der Waals surface area contributed by atoms with Crippen LogP contribution in [0.25, 0.3) is 0 Å². The minimum absolute atomic E-state index is 0.596. The van der Waals surface area contributed by atoms with E-state index in [1.807, 2.05) is 0 Å². The van der Waals surface area contributed by atoms with Gasteiger partial charge in [0.2, 0.25) is 0 Å². The minimum atomic E-state index is 0.596. The van der Waals surface area contributed by atoms with Gasteiger partial charge in [0.05, 0.1) is 0 Å². The lowest BCUT2D eigenvalue weighted by atomic mass is 9.98. The Bertz CT molecular complexity index is 516. The Labute approximate surface area is 116 Å². The summed E-state index contributed by atoms with van der Waals surface area (Å²) in [5, 5.41) is 3.55. The fourth-order valence-electron chi connectivity index (χ4n) is 2.30. The lowest BCUT2D eigenvalue weighted by molar-refractivity contribution is 0.706. The third-order valence-electron chi connectivity index (χ3n) is 3.65. The van der Waals surface area contributed by atoms with Crippen molar-refractivity contribution in [1.82, 2.24) is 0 Å². The Morgan fingerprint density at radius 1 is 1.00 bits per heavy atom. The molecule has 2 aromatic carbocycles. The summed E-state index contributed by atoms with van der Waals surface area (Å²) in [5.41, 5.74) is 5.31. The molecule has 2 rings (SSSR count). The van der Waals surface area contributed by atoms with Crippen LogP contribution in [-0.4, -0.2) is 6.54 Å². The summed E-state index contributed by atoms with van der Waals surface area (Å²) in [6.45, 7) is 7.60. The summed E-state index contributed by atoms with van der Waals surface area (Å²) in [5.74, 6) is 0.596. The van der Waals surface area contributed by atoms with E-state index >= 15 is 0 Å². The molecule has 0 aliphatic carbocycles. The molecule has 0 aliphatic heterocycles. The average Bonchev–Trinajstić information content (AvgIpc) is 2.43. The van der Waals surface area contributed by atoms with Crippen molar-refractivity contribution < 1.29 is 0 Å². The highest BCUT2D eigenvalue weighted by atomic mass is 14.9. The van der Waals surface area contributed by atoms with Crippen molar-refractivity contribution in [3.05, 3.63) is 65.2 Å². The van der Waals surface area contributed by atoms with Gasteiger partial charge in [-0.1, -0.05) is 49.4 Å². The van der Waals surface area contributed by atoms with Gasteiger partial charge in [0.1, 0.15) is 0 Å². The maximum atomic E-state index is 3.55. The summed E-state index contributed by atoms with van der Waals surface area (Å²) in [7, 11) is 0. The number of rotatable bonds is 5. The first-order valence-corrected chi connectivity index (χ1v) is 7.03. The number of hydrogen-bond acceptors (Lipinski definition) is 1. The van der Waals surface area contributed by atoms with Crippen molar-refractivity contribution in [1.29, 1.82) is 0 Å². The normalized spacial score (nSPS) is 12.2. The van der Waals surface area contributed by atoms with Crippen LogP contribution in [0.1, 0.15) is 36.0 Å². The monoisotopic (exact) mass is 253 g/mol. The molecule has 1 heteroatoms. The number of nitrogens with one attached hydrogen (secondary N) is 1. The maximum absolute atomic E-state index is 3.55. The summed E-state index contributed by atoms with van der Waals surface area (Å²) >= 11 is 0. The van der Waals surface area contributed by atoms with Crippen molar-refractivity contribution in [3.8, 4) is 0 Å². The summed E-state index contributed by atoms with van der Waals surface area (Å²) in [4.78, 5) is 0. The number of anilines is 1. The quantitative estimate of drug-likeness (QED) is 0.798. The first-order valence-electron chi connectivity index (χ1n) is 7.03. The van der Waals surface area contributed by atoms with E-state index in [0.717, 1.165) is 13.0 Å². The predicted octanol–water partition coefficient (Wildman–Crippen LogP) is 4.91. The molecule has 1 atom stereocenters. The molecule has 2 aromatic rings. The molecule has 0 bridgehead atoms. The Hall–Kier alpha value is -1.76. The standard InChI is InChI=1S/C18H23N/c1-14-9-10-16(3)18(13-14)19-12-11-15(2)17-7-5-4-6-8-17/h4-10,13,15,19H,11-12H2,1-3H3. The second kappa shape index (κ2) is 6.42. The van der Waals surface area contributed by atoms with Crippen LogP contribution < -0.4 is 5.32 Å². The molecule has 1 unspecified atom stereocenters. The molecule has 1 N–H and O–H groups in total. The molecule has 0 radical (unpaired) electrons. The van der Waals surface area contributed by atoms with Gasteiger partial charge in [-0.15, -0.1) is 0 Å². The molecule has 0 aliphatic rings. The Kier molecular flexibility index (Phi) is 4.62. The van der Waals surface area contributed by atoms with E-state index in [4.69, 9.17) is 0 Å². The van der Waals surface area contributed by atoms with Gasteiger partial charge in [0.25, 0.3) is 0 Å². The van der Waals surface area contributed by atoms with E-state index in [1.54, 1.807) is 0 Å². The second-order valence-corrected chi connectivity index (χ2v) is 5.35. The van der Waals surface area contributed by atoms with Gasteiger partial charge in [0.15, 0.2) is 0 Å². The molecule has 0 spiro atoms. The zero-order valence-electron chi connectivity index (χ0n) is 12.1. The number of aryl methyl sites for hydroxylation is 2. The van der Waals surface area contributed by atoms with Gasteiger partial charge in [-0.3, -0.25) is 0 Å². The number of benzene rings is 2. The van der Waals surface area contributed by atoms with Crippen molar-refractivity contribution >= 4 is 5.69 Å². The van der Waals surface area contributed by atoms with Crippen molar-refractivity contribution in [2.75, 3.05) is 11.9 Å². The lowest BCUT2D eigenvalue weighted by Gasteiger charge is -2.14. The van der Waals surface area contributed by atoms with Gasteiger partial charge < -0.3 is 5.32 Å². The molecular weight excluding hydrogens is 230 g/mol. The SMILES string of the molecule is Cc1ccc(C)c(NCCC(C)c2ccccc2)c1. The van der Waals surface area contributed by atoms with Gasteiger partial charge in [0, 0.05) is 12.2 Å². The molecule has 0 aromatic heterocycles. The van der Waals surface area contributed by atoms with Gasteiger partial charge in [-0.05, 0) is 48.9 Å². The van der Waals surface area contributed by atoms with Crippen LogP contribution in [0.5, 0.6) is 0 Å². The van der Waals surface area contributed by atoms with Crippen LogP contribution >= 0.6 is 0 Å². The van der Waals surface area contributed by atoms with Gasteiger partial charge >= 0.3 is 0 Å². The van der Waals surface area contributed by atoms with E-state index in [0.29, 0.717) is 5.92 Å². The largest absolute Gasteiger partial charge is 0.385 e. The van der Waals surface area contributed by atoms with Crippen LogP contribution in [-0.2, 0) is 0 Å². The first-order chi connectivity index (χ1) is 9.16. The van der Waals surface area contributed by atoms with E-state index in [-0.39, 0.29) is 0 Å². The highest BCUT2D eigenvalue weighted by Crippen LogP contribution is 2.20. The van der Waals surface area contributed by atoms with Crippen molar-refractivity contribution in [3.63, 3.8) is 0 Å². The molecule has 100 valence electrons. The van der Waals surface area contributed by atoms with Crippen molar-refractivity contribution in [2.45, 2.75) is 33.1 Å². The maximum Gasteiger partial charge on any atom is 0.0372 e. The smallest absolute Gasteiger partial charge is 0.0372 e. The predicted molar refractivity (Wildman–Crippen MR) is 83.9 cm³/mol. The summed E-state index contributed by atoms with van der Waals surface area (Å²) in [6, 6.07) is 17.3. The molecule has 0 saturated heterocycles. The fourth-order valence-corrected chi connectivity index (χ4v) is 2.30. The molecule has 19 heavy (non-hydrogen) atoms. The molecule has 0 saturated carbocycles. The molecule has 0 fully saturated rings. The van der Waals surface area contributed by atoms with Crippen molar-refractivity contribution in [2.24, 2.45) is 0 Å². The van der Waals surface area contributed by atoms with Crippen LogP contribution in [0.15, 0.2) is 48.5 Å². The van der Waals surface area contributed by atoms with Crippen LogP contribution in [0, 0.1) is 13.8 Å². The van der Waals surface area contributed by atoms with Crippen LogP contribution in [0.4, 0.5) is 5.69 Å². The van der Waals surface area contributed by atoms with E-state index in [9.17, 15) is 0 Å². The Morgan fingerprint density at radius 3 is 2.47 bits per heavy atom. The Balaban J connectivity index is 1.88. The topological polar surface area (TPSA) is 12.0 Å². The lowest BCUT2D eigenvalue weighted by Crippen LogP contribution is -2.07. The van der Waals surface area contributed by atoms with Gasteiger partial charge in [-0.25, -0.2) is 0 Å². The number of hydrogen-bond donors (Lipinski definition) is 1. The molecule has 0 heterocycles. The van der Waals surface area contributed by atoms with Gasteiger partial charge in [-0.2, -0.15) is 0 Å². The molecule has 0 amide bonds. The van der Waals surface area contributed by atoms with E-state index in [2.05, 4.69) is 74.6 Å². The zero-order valence-corrected chi connectivity index (χ0v) is 12.1. The third kappa shape index (κ3) is 3.85. The average molecular weight is 253 g/mol. The highest BCUT2D eigenvalue weighted by molar-refractivity contribution is 5.52.